The third kappa shape index (κ3) is 4.14. The summed E-state index contributed by atoms with van der Waals surface area (Å²) in [6, 6.07) is 6.27. The smallest absolute Gasteiger partial charge is 0.169 e. The lowest BCUT2D eigenvalue weighted by Gasteiger charge is -2.36. The van der Waals surface area contributed by atoms with Crippen LogP contribution in [-0.2, 0) is 16.4 Å². The van der Waals surface area contributed by atoms with Crippen LogP contribution in [0.2, 0.25) is 0 Å². The molecule has 1 saturated heterocycles. The molecule has 1 aliphatic rings. The molecule has 118 valence electrons. The van der Waals surface area contributed by atoms with Crippen LogP contribution < -0.4 is 10.2 Å². The fourth-order valence-corrected chi connectivity index (χ4v) is 5.39. The molecule has 1 fully saturated rings. The van der Waals surface area contributed by atoms with Crippen molar-refractivity contribution in [1.82, 2.24) is 5.32 Å². The van der Waals surface area contributed by atoms with Crippen molar-refractivity contribution in [3.63, 3.8) is 0 Å². The van der Waals surface area contributed by atoms with Crippen molar-refractivity contribution in [2.75, 3.05) is 35.8 Å². The van der Waals surface area contributed by atoms with Crippen LogP contribution in [0, 0.1) is 6.92 Å². The van der Waals surface area contributed by atoms with Gasteiger partial charge in [0.2, 0.25) is 0 Å². The van der Waals surface area contributed by atoms with Gasteiger partial charge >= 0.3 is 0 Å². The highest BCUT2D eigenvalue weighted by Gasteiger charge is 2.31. The summed E-state index contributed by atoms with van der Waals surface area (Å²) in [6.45, 7) is 6.76. The van der Waals surface area contributed by atoms with E-state index in [1.54, 1.807) is 11.8 Å². The van der Waals surface area contributed by atoms with Crippen molar-refractivity contribution < 1.29 is 8.42 Å². The number of hydrogen-bond donors (Lipinski definition) is 1. The molecule has 0 radical (unpaired) electrons. The second-order valence-electron chi connectivity index (χ2n) is 5.44. The molecule has 0 aliphatic carbocycles. The third-order valence-corrected chi connectivity index (χ3v) is 6.45. The standard InChI is InChI=1S/C15H24N2O2S2/c1-4-16-10-13-5-6-14(9-12(13)2)17-7-8-20-11-15(17)21(3,18)19/h5-6,9,15-16H,4,7-8,10-11H2,1-3H3. The monoisotopic (exact) mass is 328 g/mol. The van der Waals surface area contributed by atoms with Gasteiger partial charge in [-0.15, -0.1) is 0 Å². The Bertz CT molecular complexity index is 587. The topological polar surface area (TPSA) is 49.4 Å². The zero-order valence-electron chi connectivity index (χ0n) is 12.9. The van der Waals surface area contributed by atoms with Crippen LogP contribution in [0.4, 0.5) is 5.69 Å². The SMILES string of the molecule is CCNCc1ccc(N2CCSCC2S(C)(=O)=O)cc1C. The number of sulfone groups is 1. The van der Waals surface area contributed by atoms with E-state index in [1.165, 1.54) is 17.4 Å². The lowest BCUT2D eigenvalue weighted by atomic mass is 10.1. The zero-order chi connectivity index (χ0) is 15.5. The number of hydrogen-bond acceptors (Lipinski definition) is 5. The molecule has 6 heteroatoms. The second-order valence-corrected chi connectivity index (χ2v) is 8.80. The maximum absolute atomic E-state index is 12.0. The minimum absolute atomic E-state index is 0.407. The summed E-state index contributed by atoms with van der Waals surface area (Å²) in [6.07, 6.45) is 1.34. The first-order valence-electron chi connectivity index (χ1n) is 7.27. The number of benzene rings is 1. The average molecular weight is 329 g/mol. The quantitative estimate of drug-likeness (QED) is 0.896. The van der Waals surface area contributed by atoms with Crippen molar-refractivity contribution in [3.05, 3.63) is 29.3 Å². The molecule has 1 aromatic carbocycles. The van der Waals surface area contributed by atoms with Gasteiger partial charge in [-0.1, -0.05) is 13.0 Å². The van der Waals surface area contributed by atoms with E-state index in [0.717, 1.165) is 31.1 Å². The average Bonchev–Trinajstić information content (AvgIpc) is 2.45. The highest BCUT2D eigenvalue weighted by atomic mass is 32.2. The number of anilines is 1. The molecular weight excluding hydrogens is 304 g/mol. The normalized spacial score (nSPS) is 19.8. The Hall–Kier alpha value is -0.720. The van der Waals surface area contributed by atoms with E-state index in [-0.39, 0.29) is 0 Å². The zero-order valence-corrected chi connectivity index (χ0v) is 14.6. The van der Waals surface area contributed by atoms with Gasteiger partial charge in [-0.3, -0.25) is 0 Å². The predicted molar refractivity (Wildman–Crippen MR) is 91.9 cm³/mol. The summed E-state index contributed by atoms with van der Waals surface area (Å²) in [4.78, 5) is 2.04. The summed E-state index contributed by atoms with van der Waals surface area (Å²) < 4.78 is 24.0. The molecule has 1 aliphatic heterocycles. The molecule has 0 bridgehead atoms. The van der Waals surface area contributed by atoms with Gasteiger partial charge in [-0.25, -0.2) is 8.42 Å². The Morgan fingerprint density at radius 1 is 1.43 bits per heavy atom. The molecule has 1 atom stereocenters. The number of rotatable bonds is 5. The molecule has 21 heavy (non-hydrogen) atoms. The van der Waals surface area contributed by atoms with Crippen LogP contribution in [0.25, 0.3) is 0 Å². The minimum atomic E-state index is -3.07. The van der Waals surface area contributed by atoms with Crippen molar-refractivity contribution in [1.29, 1.82) is 0 Å². The van der Waals surface area contributed by atoms with Gasteiger partial charge in [0.05, 0.1) is 0 Å². The molecule has 1 heterocycles. The summed E-state index contributed by atoms with van der Waals surface area (Å²) in [7, 11) is -3.07. The summed E-state index contributed by atoms with van der Waals surface area (Å²) in [5, 5.41) is 2.92. The van der Waals surface area contributed by atoms with Crippen molar-refractivity contribution in [2.45, 2.75) is 25.8 Å². The molecule has 1 N–H and O–H groups in total. The molecule has 2 rings (SSSR count). The van der Waals surface area contributed by atoms with E-state index >= 15 is 0 Å². The lowest BCUT2D eigenvalue weighted by Crippen LogP contribution is -2.47. The molecule has 0 saturated carbocycles. The van der Waals surface area contributed by atoms with Gasteiger partial charge in [0, 0.05) is 36.5 Å². The number of nitrogens with one attached hydrogen (secondary N) is 1. The summed E-state index contributed by atoms with van der Waals surface area (Å²) >= 11 is 1.72. The van der Waals surface area contributed by atoms with Gasteiger partial charge in [-0.05, 0) is 36.7 Å². The Kier molecular flexibility index (Phi) is 5.57. The maximum Gasteiger partial charge on any atom is 0.169 e. The van der Waals surface area contributed by atoms with E-state index < -0.39 is 15.2 Å². The van der Waals surface area contributed by atoms with Crippen LogP contribution in [0.15, 0.2) is 18.2 Å². The van der Waals surface area contributed by atoms with Crippen molar-refractivity contribution in [2.24, 2.45) is 0 Å². The Balaban J connectivity index is 2.25. The Morgan fingerprint density at radius 3 is 2.81 bits per heavy atom. The first-order chi connectivity index (χ1) is 9.93. The summed E-state index contributed by atoms with van der Waals surface area (Å²) in [5.74, 6) is 1.63. The van der Waals surface area contributed by atoms with Gasteiger partial charge in [0.25, 0.3) is 0 Å². The second kappa shape index (κ2) is 7.03. The molecule has 0 spiro atoms. The van der Waals surface area contributed by atoms with Crippen LogP contribution in [0.5, 0.6) is 0 Å². The third-order valence-electron chi connectivity index (χ3n) is 3.80. The van der Waals surface area contributed by atoms with Gasteiger partial charge in [-0.2, -0.15) is 11.8 Å². The van der Waals surface area contributed by atoms with Gasteiger partial charge < -0.3 is 10.2 Å². The van der Waals surface area contributed by atoms with E-state index in [9.17, 15) is 8.42 Å². The van der Waals surface area contributed by atoms with E-state index in [0.29, 0.717) is 5.75 Å². The molecule has 1 aromatic rings. The number of nitrogens with zero attached hydrogens (tertiary/aromatic N) is 1. The molecule has 0 aromatic heterocycles. The minimum Gasteiger partial charge on any atom is -0.353 e. The molecule has 1 unspecified atom stereocenters. The van der Waals surface area contributed by atoms with Crippen molar-refractivity contribution in [3.8, 4) is 0 Å². The number of thioether (sulfide) groups is 1. The van der Waals surface area contributed by atoms with Crippen LogP contribution in [0.3, 0.4) is 0 Å². The lowest BCUT2D eigenvalue weighted by molar-refractivity contribution is 0.584. The Labute approximate surface area is 132 Å². The highest BCUT2D eigenvalue weighted by molar-refractivity contribution is 8.01. The highest BCUT2D eigenvalue weighted by Crippen LogP contribution is 2.28. The first kappa shape index (κ1) is 16.6. The maximum atomic E-state index is 12.0. The largest absolute Gasteiger partial charge is 0.353 e. The predicted octanol–water partition coefficient (Wildman–Crippen LogP) is 2.03. The molecule has 0 amide bonds. The molecule has 4 nitrogen and oxygen atoms in total. The summed E-state index contributed by atoms with van der Waals surface area (Å²) in [5.41, 5.74) is 3.49. The van der Waals surface area contributed by atoms with Crippen molar-refractivity contribution >= 4 is 27.3 Å². The Morgan fingerprint density at radius 2 is 2.19 bits per heavy atom. The first-order valence-corrected chi connectivity index (χ1v) is 10.4. The van der Waals surface area contributed by atoms with Crippen LogP contribution >= 0.6 is 11.8 Å². The fraction of sp³-hybridized carbons (Fsp3) is 0.600. The molecular formula is C15H24N2O2S2. The van der Waals surface area contributed by atoms with Gasteiger partial charge in [0.1, 0.15) is 5.37 Å². The number of aryl methyl sites for hydroxylation is 1. The van der Waals surface area contributed by atoms with E-state index in [4.69, 9.17) is 0 Å². The fourth-order valence-electron chi connectivity index (χ4n) is 2.55. The van der Waals surface area contributed by atoms with E-state index in [2.05, 4.69) is 31.3 Å². The van der Waals surface area contributed by atoms with Crippen LogP contribution in [0.1, 0.15) is 18.1 Å². The van der Waals surface area contributed by atoms with Gasteiger partial charge in [0.15, 0.2) is 9.84 Å². The van der Waals surface area contributed by atoms with Crippen LogP contribution in [-0.4, -0.2) is 44.6 Å². The van der Waals surface area contributed by atoms with E-state index in [1.807, 2.05) is 11.0 Å².